The van der Waals surface area contributed by atoms with Crippen molar-refractivity contribution < 1.29 is 19.8 Å². The zero-order valence-electron chi connectivity index (χ0n) is 12.2. The van der Waals surface area contributed by atoms with E-state index in [1.54, 1.807) is 13.8 Å². The number of benzene rings is 1. The van der Waals surface area contributed by atoms with Gasteiger partial charge in [0.2, 0.25) is 5.91 Å². The first kappa shape index (κ1) is 15.5. The largest absolute Gasteiger partial charge is 0.481 e. The van der Waals surface area contributed by atoms with E-state index in [0.29, 0.717) is 6.42 Å². The number of rotatable bonds is 6. The van der Waals surface area contributed by atoms with E-state index in [2.05, 4.69) is 5.32 Å². The fourth-order valence-electron chi connectivity index (χ4n) is 2.94. The second-order valence-electron chi connectivity index (χ2n) is 6.19. The van der Waals surface area contributed by atoms with E-state index in [1.807, 2.05) is 30.3 Å². The second-order valence-corrected chi connectivity index (χ2v) is 6.19. The van der Waals surface area contributed by atoms with Crippen molar-refractivity contribution >= 4 is 11.9 Å². The summed E-state index contributed by atoms with van der Waals surface area (Å²) in [6.07, 6.45) is 0.522. The summed E-state index contributed by atoms with van der Waals surface area (Å²) in [5, 5.41) is 21.3. The van der Waals surface area contributed by atoms with Gasteiger partial charge in [-0.2, -0.15) is 0 Å². The molecule has 1 aliphatic carbocycles. The molecule has 0 bridgehead atoms. The van der Waals surface area contributed by atoms with Gasteiger partial charge in [0.25, 0.3) is 0 Å². The summed E-state index contributed by atoms with van der Waals surface area (Å²) in [5.74, 6) is -2.40. The number of carboxylic acids is 1. The highest BCUT2D eigenvalue weighted by atomic mass is 16.4. The van der Waals surface area contributed by atoms with Crippen molar-refractivity contribution in [1.82, 2.24) is 5.32 Å². The average Bonchev–Trinajstić information content (AvgIpc) is 3.02. The number of aliphatic hydroxyl groups is 1. The molecule has 3 atom stereocenters. The highest BCUT2D eigenvalue weighted by Crippen LogP contribution is 2.58. The molecule has 3 N–H and O–H groups in total. The van der Waals surface area contributed by atoms with Crippen molar-refractivity contribution in [2.24, 2.45) is 17.3 Å². The van der Waals surface area contributed by atoms with Crippen molar-refractivity contribution in [3.8, 4) is 0 Å². The van der Waals surface area contributed by atoms with Crippen molar-refractivity contribution in [2.45, 2.75) is 26.3 Å². The zero-order valence-corrected chi connectivity index (χ0v) is 12.2. The third-order valence-corrected chi connectivity index (χ3v) is 4.27. The lowest BCUT2D eigenvalue weighted by molar-refractivity contribution is -0.140. The quantitative estimate of drug-likeness (QED) is 0.731. The fourth-order valence-corrected chi connectivity index (χ4v) is 2.94. The lowest BCUT2D eigenvalue weighted by atomic mass is 10.1. The summed E-state index contributed by atoms with van der Waals surface area (Å²) in [6, 6.07) is 9.16. The molecule has 2 rings (SSSR count). The van der Waals surface area contributed by atoms with E-state index in [0.717, 1.165) is 5.56 Å². The molecule has 5 heteroatoms. The Bertz CT molecular complexity index is 526. The summed E-state index contributed by atoms with van der Waals surface area (Å²) < 4.78 is 0. The topological polar surface area (TPSA) is 86.6 Å². The number of aliphatic hydroxyl groups excluding tert-OH is 1. The predicted molar refractivity (Wildman–Crippen MR) is 77.6 cm³/mol. The first-order valence-corrected chi connectivity index (χ1v) is 7.06. The van der Waals surface area contributed by atoms with Crippen LogP contribution in [-0.4, -0.2) is 34.7 Å². The van der Waals surface area contributed by atoms with Gasteiger partial charge >= 0.3 is 5.97 Å². The predicted octanol–water partition coefficient (Wildman–Crippen LogP) is 1.06. The molecule has 0 spiro atoms. The molecule has 1 aromatic carbocycles. The van der Waals surface area contributed by atoms with Crippen molar-refractivity contribution in [1.29, 1.82) is 0 Å². The van der Waals surface area contributed by atoms with Gasteiger partial charge in [-0.3, -0.25) is 9.59 Å². The summed E-state index contributed by atoms with van der Waals surface area (Å²) in [7, 11) is 0. The van der Waals surface area contributed by atoms with Crippen LogP contribution in [0, 0.1) is 17.3 Å². The Hall–Kier alpha value is -1.88. The van der Waals surface area contributed by atoms with E-state index >= 15 is 0 Å². The number of carbonyl (C=O) groups is 2. The lowest BCUT2D eigenvalue weighted by Crippen LogP contribution is -2.40. The van der Waals surface area contributed by atoms with E-state index in [9.17, 15) is 14.7 Å². The Labute approximate surface area is 124 Å². The van der Waals surface area contributed by atoms with Crippen LogP contribution in [0.25, 0.3) is 0 Å². The van der Waals surface area contributed by atoms with Gasteiger partial charge in [0.05, 0.1) is 24.5 Å². The normalized spacial score (nSPS) is 24.1. The molecule has 2 unspecified atom stereocenters. The number of aliphatic carboxylic acids is 1. The van der Waals surface area contributed by atoms with Gasteiger partial charge < -0.3 is 15.5 Å². The van der Waals surface area contributed by atoms with E-state index < -0.39 is 29.3 Å². The fraction of sp³-hybridized carbons (Fsp3) is 0.500. The molecule has 114 valence electrons. The highest BCUT2D eigenvalue weighted by Gasteiger charge is 2.65. The van der Waals surface area contributed by atoms with Gasteiger partial charge in [0.1, 0.15) is 0 Å². The van der Waals surface area contributed by atoms with E-state index in [1.165, 1.54) is 0 Å². The van der Waals surface area contributed by atoms with E-state index in [-0.39, 0.29) is 12.5 Å². The first-order chi connectivity index (χ1) is 9.87. The van der Waals surface area contributed by atoms with Crippen molar-refractivity contribution in [3.05, 3.63) is 35.9 Å². The van der Waals surface area contributed by atoms with Gasteiger partial charge in [0.15, 0.2) is 0 Å². The minimum absolute atomic E-state index is 0.175. The Morgan fingerprint density at radius 1 is 1.24 bits per heavy atom. The van der Waals surface area contributed by atoms with Crippen LogP contribution in [0.1, 0.15) is 19.4 Å². The molecule has 1 aliphatic rings. The summed E-state index contributed by atoms with van der Waals surface area (Å²) in [6.45, 7) is 3.38. The lowest BCUT2D eigenvalue weighted by Gasteiger charge is -2.17. The van der Waals surface area contributed by atoms with Gasteiger partial charge in [0, 0.05) is 0 Å². The smallest absolute Gasteiger partial charge is 0.307 e. The average molecular weight is 291 g/mol. The molecule has 0 radical (unpaired) electrons. The zero-order chi connectivity index (χ0) is 15.6. The number of carbonyl (C=O) groups excluding carboxylic acids is 1. The standard InChI is InChI=1S/C16H21NO4/c1-16(2)12(13(16)15(20)21)14(19)17-11(9-18)8-10-6-4-3-5-7-10/h3-7,11-13,18H,8-9H2,1-2H3,(H,17,19)(H,20,21)/t11-,12?,13?/m0/s1. The van der Waals surface area contributed by atoms with Gasteiger partial charge in [-0.1, -0.05) is 44.2 Å². The first-order valence-electron chi connectivity index (χ1n) is 7.06. The molecule has 0 saturated heterocycles. The molecule has 0 aromatic heterocycles. The maximum atomic E-state index is 12.2. The molecule has 5 nitrogen and oxygen atoms in total. The number of carboxylic acid groups (broad SMARTS) is 1. The van der Waals surface area contributed by atoms with Crippen molar-refractivity contribution in [3.63, 3.8) is 0 Å². The molecule has 21 heavy (non-hydrogen) atoms. The second kappa shape index (κ2) is 5.85. The van der Waals surface area contributed by atoms with E-state index in [4.69, 9.17) is 5.11 Å². The number of hydrogen-bond acceptors (Lipinski definition) is 3. The molecular formula is C16H21NO4. The number of nitrogens with one attached hydrogen (secondary N) is 1. The Morgan fingerprint density at radius 3 is 2.33 bits per heavy atom. The van der Waals surface area contributed by atoms with Gasteiger partial charge in [-0.25, -0.2) is 0 Å². The number of amides is 1. The van der Waals surface area contributed by atoms with Crippen LogP contribution in [-0.2, 0) is 16.0 Å². The molecule has 1 aromatic rings. The Morgan fingerprint density at radius 2 is 1.86 bits per heavy atom. The maximum Gasteiger partial charge on any atom is 0.307 e. The molecule has 0 heterocycles. The molecule has 1 amide bonds. The third-order valence-electron chi connectivity index (χ3n) is 4.27. The Kier molecular flexibility index (Phi) is 4.32. The SMILES string of the molecule is CC1(C)C(C(=O)O)C1C(=O)N[C@H](CO)Cc1ccccc1. The number of hydrogen-bond donors (Lipinski definition) is 3. The van der Waals surface area contributed by atoms with Crippen LogP contribution >= 0.6 is 0 Å². The summed E-state index contributed by atoms with van der Waals surface area (Å²) in [5.41, 5.74) is 0.490. The minimum Gasteiger partial charge on any atom is -0.481 e. The Balaban J connectivity index is 1.97. The van der Waals surface area contributed by atoms with Crippen molar-refractivity contribution in [2.75, 3.05) is 6.61 Å². The van der Waals surface area contributed by atoms with Gasteiger partial charge in [-0.05, 0) is 17.4 Å². The third kappa shape index (κ3) is 3.24. The van der Waals surface area contributed by atoms with Crippen LogP contribution in [0.5, 0.6) is 0 Å². The molecule has 0 aliphatic heterocycles. The highest BCUT2D eigenvalue weighted by molar-refractivity contribution is 5.91. The molecule has 1 fully saturated rings. The monoisotopic (exact) mass is 291 g/mol. The van der Waals surface area contributed by atoms with Crippen LogP contribution in [0.3, 0.4) is 0 Å². The minimum atomic E-state index is -0.941. The maximum absolute atomic E-state index is 12.2. The summed E-state index contributed by atoms with van der Waals surface area (Å²) in [4.78, 5) is 23.3. The van der Waals surface area contributed by atoms with Crippen LogP contribution in [0.4, 0.5) is 0 Å². The summed E-state index contributed by atoms with van der Waals surface area (Å²) >= 11 is 0. The van der Waals surface area contributed by atoms with Crippen LogP contribution in [0.2, 0.25) is 0 Å². The molecular weight excluding hydrogens is 270 g/mol. The van der Waals surface area contributed by atoms with Gasteiger partial charge in [-0.15, -0.1) is 0 Å². The molecule has 1 saturated carbocycles. The van der Waals surface area contributed by atoms with Crippen LogP contribution < -0.4 is 5.32 Å². The van der Waals surface area contributed by atoms with Crippen LogP contribution in [0.15, 0.2) is 30.3 Å².